The third-order valence-corrected chi connectivity index (χ3v) is 7.52. The van der Waals surface area contributed by atoms with Crippen molar-refractivity contribution in [3.05, 3.63) is 77.5 Å². The van der Waals surface area contributed by atoms with Crippen molar-refractivity contribution in [1.29, 1.82) is 0 Å². The van der Waals surface area contributed by atoms with E-state index < -0.39 is 0 Å². The van der Waals surface area contributed by atoms with Gasteiger partial charge in [0.05, 0.1) is 12.8 Å². The molecule has 2 N–H and O–H groups in total. The molecule has 0 saturated carbocycles. The number of rotatable bonds is 7. The molecular formula is C31H37N3O2. The Labute approximate surface area is 214 Å². The zero-order valence-corrected chi connectivity index (χ0v) is 21.6. The van der Waals surface area contributed by atoms with Gasteiger partial charge in [-0.3, -0.25) is 9.69 Å². The molecule has 2 aromatic carbocycles. The fourth-order valence-electron chi connectivity index (χ4n) is 5.37. The number of anilines is 1. The van der Waals surface area contributed by atoms with Crippen LogP contribution >= 0.6 is 0 Å². The third-order valence-electron chi connectivity index (χ3n) is 7.52. The Bertz CT molecular complexity index is 1290. The molecule has 1 aromatic heterocycles. The first-order valence-electron chi connectivity index (χ1n) is 13.2. The predicted octanol–water partition coefficient (Wildman–Crippen LogP) is 6.88. The van der Waals surface area contributed by atoms with E-state index in [1.54, 1.807) is 7.11 Å². The van der Waals surface area contributed by atoms with Crippen molar-refractivity contribution in [3.8, 4) is 5.75 Å². The average molecular weight is 484 g/mol. The van der Waals surface area contributed by atoms with Crippen LogP contribution in [-0.4, -0.2) is 36.0 Å². The normalized spacial score (nSPS) is 16.9. The number of ether oxygens (including phenoxy) is 1. The van der Waals surface area contributed by atoms with Crippen molar-refractivity contribution in [2.24, 2.45) is 5.92 Å². The summed E-state index contributed by atoms with van der Waals surface area (Å²) in [6.45, 7) is 6.87. The first-order chi connectivity index (χ1) is 17.5. The second-order valence-corrected chi connectivity index (χ2v) is 10.3. The van der Waals surface area contributed by atoms with Crippen LogP contribution in [0, 0.1) is 5.92 Å². The number of fused-ring (bicyclic) bond motifs is 1. The third kappa shape index (κ3) is 5.26. The number of nitrogens with zero attached hydrogens (tertiary/aromatic N) is 1. The van der Waals surface area contributed by atoms with Crippen molar-refractivity contribution in [3.63, 3.8) is 0 Å². The van der Waals surface area contributed by atoms with Gasteiger partial charge in [0.2, 0.25) is 5.91 Å². The molecule has 0 radical (unpaired) electrons. The van der Waals surface area contributed by atoms with Crippen LogP contribution in [0.3, 0.4) is 0 Å². The number of allylic oxidation sites excluding steroid dienone is 4. The maximum absolute atomic E-state index is 12.1. The molecule has 1 aliphatic heterocycles. The van der Waals surface area contributed by atoms with Crippen LogP contribution in [0.25, 0.3) is 16.5 Å². The summed E-state index contributed by atoms with van der Waals surface area (Å²) in [7, 11) is 1.73. The van der Waals surface area contributed by atoms with Gasteiger partial charge in [-0.05, 0) is 91.7 Å². The Morgan fingerprint density at radius 1 is 1.14 bits per heavy atom. The van der Waals surface area contributed by atoms with E-state index in [9.17, 15) is 4.79 Å². The lowest BCUT2D eigenvalue weighted by molar-refractivity contribution is -0.118. The number of hydrogen-bond acceptors (Lipinski definition) is 3. The van der Waals surface area contributed by atoms with E-state index in [0.717, 1.165) is 62.3 Å². The monoisotopic (exact) mass is 483 g/mol. The van der Waals surface area contributed by atoms with E-state index in [1.165, 1.54) is 27.8 Å². The number of piperidine rings is 1. The summed E-state index contributed by atoms with van der Waals surface area (Å²) in [4.78, 5) is 18.4. The lowest BCUT2D eigenvalue weighted by Gasteiger charge is -2.32. The molecule has 0 bridgehead atoms. The van der Waals surface area contributed by atoms with E-state index in [2.05, 4.69) is 63.8 Å². The largest absolute Gasteiger partial charge is 0.497 e. The lowest BCUT2D eigenvalue weighted by atomic mass is 9.89. The van der Waals surface area contributed by atoms with Crippen molar-refractivity contribution < 1.29 is 9.53 Å². The van der Waals surface area contributed by atoms with Gasteiger partial charge in [0.1, 0.15) is 5.75 Å². The number of likely N-dealkylation sites (tertiary alicyclic amines) is 1. The van der Waals surface area contributed by atoms with Crippen LogP contribution < -0.4 is 10.1 Å². The van der Waals surface area contributed by atoms with Crippen molar-refractivity contribution in [2.45, 2.75) is 52.0 Å². The molecule has 2 aliphatic rings. The summed E-state index contributed by atoms with van der Waals surface area (Å²) in [5.74, 6) is 1.46. The minimum atomic E-state index is -0.0221. The molecule has 1 saturated heterocycles. The SMILES string of the molecule is COc1ccc2[nH]c(C3=CCCC=C3)c(CN3CCC(c4cccc(NC(=O)C(C)C)c4)CC3)c2c1. The molecule has 5 rings (SSSR count). The highest BCUT2D eigenvalue weighted by Crippen LogP contribution is 2.35. The van der Waals surface area contributed by atoms with Crippen molar-refractivity contribution >= 4 is 28.1 Å². The van der Waals surface area contributed by atoms with Crippen LogP contribution in [0.2, 0.25) is 0 Å². The minimum Gasteiger partial charge on any atom is -0.497 e. The number of benzene rings is 2. The summed E-state index contributed by atoms with van der Waals surface area (Å²) in [5.41, 5.74) is 7.28. The van der Waals surface area contributed by atoms with Gasteiger partial charge >= 0.3 is 0 Å². The summed E-state index contributed by atoms with van der Waals surface area (Å²) < 4.78 is 5.55. The Kier molecular flexibility index (Phi) is 7.28. The minimum absolute atomic E-state index is 0.0221. The molecule has 2 heterocycles. The topological polar surface area (TPSA) is 57.4 Å². The van der Waals surface area contributed by atoms with Gasteiger partial charge in [0.25, 0.3) is 0 Å². The molecule has 5 heteroatoms. The number of H-pyrrole nitrogens is 1. The zero-order valence-electron chi connectivity index (χ0n) is 21.6. The number of amides is 1. The predicted molar refractivity (Wildman–Crippen MR) is 148 cm³/mol. The Morgan fingerprint density at radius 3 is 2.69 bits per heavy atom. The summed E-state index contributed by atoms with van der Waals surface area (Å²) in [6.07, 6.45) is 11.3. The number of aromatic amines is 1. The van der Waals surface area contributed by atoms with Crippen LogP contribution in [0.1, 0.15) is 62.3 Å². The van der Waals surface area contributed by atoms with E-state index in [-0.39, 0.29) is 11.8 Å². The van der Waals surface area contributed by atoms with Gasteiger partial charge in [-0.1, -0.05) is 44.2 Å². The van der Waals surface area contributed by atoms with Crippen LogP contribution in [0.5, 0.6) is 5.75 Å². The molecule has 5 nitrogen and oxygen atoms in total. The molecule has 1 amide bonds. The molecule has 36 heavy (non-hydrogen) atoms. The van der Waals surface area contributed by atoms with Gasteiger partial charge < -0.3 is 15.0 Å². The van der Waals surface area contributed by atoms with E-state index in [1.807, 2.05) is 26.0 Å². The molecule has 0 spiro atoms. The Hall–Kier alpha value is -3.31. The Balaban J connectivity index is 1.32. The van der Waals surface area contributed by atoms with E-state index in [0.29, 0.717) is 5.92 Å². The van der Waals surface area contributed by atoms with E-state index >= 15 is 0 Å². The molecule has 0 atom stereocenters. The maximum atomic E-state index is 12.1. The van der Waals surface area contributed by atoms with Gasteiger partial charge in [0.15, 0.2) is 0 Å². The maximum Gasteiger partial charge on any atom is 0.226 e. The summed E-state index contributed by atoms with van der Waals surface area (Å²) >= 11 is 0. The number of carbonyl (C=O) groups is 1. The van der Waals surface area contributed by atoms with Crippen molar-refractivity contribution in [1.82, 2.24) is 9.88 Å². The van der Waals surface area contributed by atoms with Gasteiger partial charge in [0, 0.05) is 29.1 Å². The molecule has 0 unspecified atom stereocenters. The number of hydrogen-bond donors (Lipinski definition) is 2. The zero-order chi connectivity index (χ0) is 25.1. The fourth-order valence-corrected chi connectivity index (χ4v) is 5.37. The van der Waals surface area contributed by atoms with Crippen LogP contribution in [-0.2, 0) is 11.3 Å². The highest BCUT2D eigenvalue weighted by Gasteiger charge is 2.24. The molecule has 1 fully saturated rings. The number of methoxy groups -OCH3 is 1. The van der Waals surface area contributed by atoms with Crippen molar-refractivity contribution in [2.75, 3.05) is 25.5 Å². The second kappa shape index (κ2) is 10.8. The smallest absolute Gasteiger partial charge is 0.226 e. The summed E-state index contributed by atoms with van der Waals surface area (Å²) in [5, 5.41) is 4.30. The molecule has 3 aromatic rings. The first kappa shape index (κ1) is 24.4. The van der Waals surface area contributed by atoms with E-state index in [4.69, 9.17) is 4.74 Å². The van der Waals surface area contributed by atoms with Gasteiger partial charge in [-0.2, -0.15) is 0 Å². The number of aromatic nitrogens is 1. The highest BCUT2D eigenvalue weighted by atomic mass is 16.5. The van der Waals surface area contributed by atoms with Gasteiger partial charge in [-0.25, -0.2) is 0 Å². The van der Waals surface area contributed by atoms with Gasteiger partial charge in [-0.15, -0.1) is 0 Å². The summed E-state index contributed by atoms with van der Waals surface area (Å²) in [6, 6.07) is 14.7. The number of nitrogens with one attached hydrogen (secondary N) is 2. The van der Waals surface area contributed by atoms with Crippen LogP contribution in [0.15, 0.2) is 60.7 Å². The lowest BCUT2D eigenvalue weighted by Crippen LogP contribution is -2.32. The van der Waals surface area contributed by atoms with Crippen LogP contribution in [0.4, 0.5) is 5.69 Å². The number of carbonyl (C=O) groups excluding carboxylic acids is 1. The molecular weight excluding hydrogens is 446 g/mol. The first-order valence-corrected chi connectivity index (χ1v) is 13.2. The standard InChI is InChI=1S/C31H37N3O2/c1-21(2)31(35)32-25-11-7-10-24(18-25)22-14-16-34(17-15-22)20-28-27-19-26(36-3)12-13-29(27)33-30(28)23-8-5-4-6-9-23/h5,7-13,18-19,21-22,33H,4,6,14-17,20H2,1-3H3,(H,32,35). The quantitative estimate of drug-likeness (QED) is 0.385. The average Bonchev–Trinajstić information content (AvgIpc) is 3.27. The fraction of sp³-hybridized carbons (Fsp3) is 0.387. The molecule has 188 valence electrons. The highest BCUT2D eigenvalue weighted by molar-refractivity contribution is 5.92. The Morgan fingerprint density at radius 2 is 1.97 bits per heavy atom. The molecule has 1 aliphatic carbocycles. The second-order valence-electron chi connectivity index (χ2n) is 10.3.